The molecule has 0 aliphatic heterocycles. The van der Waals surface area contributed by atoms with Crippen molar-refractivity contribution < 1.29 is 14.3 Å². The molecule has 0 heterocycles. The Morgan fingerprint density at radius 3 is 2.38 bits per heavy atom. The number of nitrogens with one attached hydrogen (secondary N) is 2. The molecule has 6 nitrogen and oxygen atoms in total. The zero-order valence-electron chi connectivity index (χ0n) is 17.5. The van der Waals surface area contributed by atoms with Gasteiger partial charge >= 0.3 is 6.03 Å². The minimum absolute atomic E-state index is 0.0279. The normalized spacial score (nSPS) is 10.3. The maximum Gasteiger partial charge on any atom is 0.315 e. The van der Waals surface area contributed by atoms with Crippen molar-refractivity contribution in [2.24, 2.45) is 0 Å². The molecule has 0 atom stereocenters. The Kier molecular flexibility index (Phi) is 9.02. The third-order valence-corrected chi connectivity index (χ3v) is 4.57. The molecule has 2 aromatic carbocycles. The largest absolute Gasteiger partial charge is 0.494 e. The second-order valence-electron chi connectivity index (χ2n) is 6.80. The summed E-state index contributed by atoms with van der Waals surface area (Å²) in [6.07, 6.45) is 0.726. The highest BCUT2D eigenvalue weighted by Gasteiger charge is 2.11. The van der Waals surface area contributed by atoms with E-state index in [1.54, 1.807) is 17.0 Å². The molecule has 0 radical (unpaired) electrons. The number of amides is 3. The monoisotopic (exact) mass is 397 g/mol. The number of carbonyl (C=O) groups is 2. The van der Waals surface area contributed by atoms with Crippen molar-refractivity contribution in [3.8, 4) is 5.75 Å². The summed E-state index contributed by atoms with van der Waals surface area (Å²) in [5.41, 5.74) is 2.76. The molecule has 2 N–H and O–H groups in total. The van der Waals surface area contributed by atoms with Gasteiger partial charge in [0.2, 0.25) is 0 Å². The van der Waals surface area contributed by atoms with Gasteiger partial charge in [-0.15, -0.1) is 0 Å². The average molecular weight is 398 g/mol. The number of nitrogens with zero attached hydrogens (tertiary/aromatic N) is 1. The van der Waals surface area contributed by atoms with E-state index in [9.17, 15) is 9.59 Å². The molecule has 0 unspecified atom stereocenters. The molecule has 29 heavy (non-hydrogen) atoms. The molecule has 0 saturated heterocycles. The molecule has 2 aromatic rings. The Labute approximate surface area is 173 Å². The fourth-order valence-corrected chi connectivity index (χ4v) is 2.87. The Hall–Kier alpha value is -3.02. The van der Waals surface area contributed by atoms with Gasteiger partial charge in [0.25, 0.3) is 5.91 Å². The SMILES string of the molecule is CCN(CC)C(=O)c1ccc(CNC(=O)NCCCOc2cccc(C)c2)cc1. The van der Waals surface area contributed by atoms with Gasteiger partial charge in [0, 0.05) is 31.7 Å². The standard InChI is InChI=1S/C23H31N3O3/c1-4-26(5-2)22(27)20-12-10-19(11-13-20)17-25-23(28)24-14-7-15-29-21-9-6-8-18(3)16-21/h6,8-13,16H,4-5,7,14-15,17H2,1-3H3,(H2,24,25,28). The Bertz CT molecular complexity index is 786. The van der Waals surface area contributed by atoms with Crippen LogP contribution in [0, 0.1) is 6.92 Å². The van der Waals surface area contributed by atoms with Crippen LogP contribution in [0.2, 0.25) is 0 Å². The van der Waals surface area contributed by atoms with Crippen molar-refractivity contribution in [3.63, 3.8) is 0 Å². The van der Waals surface area contributed by atoms with Crippen molar-refractivity contribution in [2.45, 2.75) is 33.7 Å². The van der Waals surface area contributed by atoms with Crippen molar-refractivity contribution in [1.82, 2.24) is 15.5 Å². The molecule has 0 aliphatic carbocycles. The Morgan fingerprint density at radius 1 is 1.00 bits per heavy atom. The molecular formula is C23H31N3O3. The maximum atomic E-state index is 12.3. The first kappa shape index (κ1) is 22.3. The maximum absolute atomic E-state index is 12.3. The summed E-state index contributed by atoms with van der Waals surface area (Å²) in [6.45, 7) is 8.82. The Balaban J connectivity index is 1.65. The number of hydrogen-bond acceptors (Lipinski definition) is 3. The van der Waals surface area contributed by atoms with Gasteiger partial charge in [0.15, 0.2) is 0 Å². The van der Waals surface area contributed by atoms with E-state index in [0.29, 0.717) is 38.3 Å². The van der Waals surface area contributed by atoms with Crippen LogP contribution in [0.1, 0.15) is 41.8 Å². The molecule has 0 aromatic heterocycles. The van der Waals surface area contributed by atoms with Gasteiger partial charge in [0.1, 0.15) is 5.75 Å². The van der Waals surface area contributed by atoms with E-state index in [2.05, 4.69) is 10.6 Å². The zero-order chi connectivity index (χ0) is 21.1. The van der Waals surface area contributed by atoms with Gasteiger partial charge in [-0.05, 0) is 62.6 Å². The predicted octanol–water partition coefficient (Wildman–Crippen LogP) is 3.75. The molecule has 0 spiro atoms. The fraction of sp³-hybridized carbons (Fsp3) is 0.391. The highest BCUT2D eigenvalue weighted by Crippen LogP contribution is 2.12. The first-order valence-electron chi connectivity index (χ1n) is 10.1. The summed E-state index contributed by atoms with van der Waals surface area (Å²) in [6, 6.07) is 15.0. The van der Waals surface area contributed by atoms with E-state index in [1.807, 2.05) is 57.2 Å². The summed E-state index contributed by atoms with van der Waals surface area (Å²) < 4.78 is 5.66. The van der Waals surface area contributed by atoms with E-state index in [0.717, 1.165) is 23.3 Å². The molecule has 0 aliphatic rings. The topological polar surface area (TPSA) is 70.7 Å². The van der Waals surface area contributed by atoms with Crippen LogP contribution in [0.15, 0.2) is 48.5 Å². The minimum Gasteiger partial charge on any atom is -0.494 e. The lowest BCUT2D eigenvalue weighted by atomic mass is 10.1. The molecule has 0 saturated carbocycles. The number of aryl methyl sites for hydroxylation is 1. The fourth-order valence-electron chi connectivity index (χ4n) is 2.87. The van der Waals surface area contributed by atoms with Crippen LogP contribution >= 0.6 is 0 Å². The summed E-state index contributed by atoms with van der Waals surface area (Å²) in [5.74, 6) is 0.873. The van der Waals surface area contributed by atoms with Gasteiger partial charge in [-0.2, -0.15) is 0 Å². The van der Waals surface area contributed by atoms with Crippen LogP contribution < -0.4 is 15.4 Å². The van der Waals surface area contributed by atoms with Crippen LogP contribution in [0.4, 0.5) is 4.79 Å². The zero-order valence-corrected chi connectivity index (χ0v) is 17.5. The summed E-state index contributed by atoms with van der Waals surface area (Å²) in [5, 5.41) is 5.64. The highest BCUT2D eigenvalue weighted by atomic mass is 16.5. The highest BCUT2D eigenvalue weighted by molar-refractivity contribution is 5.94. The molecule has 0 bridgehead atoms. The Morgan fingerprint density at radius 2 is 1.72 bits per heavy atom. The van der Waals surface area contributed by atoms with Gasteiger partial charge in [-0.25, -0.2) is 4.79 Å². The third kappa shape index (κ3) is 7.49. The van der Waals surface area contributed by atoms with E-state index in [1.165, 1.54) is 0 Å². The molecule has 2 rings (SSSR count). The van der Waals surface area contributed by atoms with Gasteiger partial charge in [-0.1, -0.05) is 24.3 Å². The van der Waals surface area contributed by atoms with Crippen LogP contribution in [0.5, 0.6) is 5.75 Å². The summed E-state index contributed by atoms with van der Waals surface area (Å²) >= 11 is 0. The van der Waals surface area contributed by atoms with Crippen molar-refractivity contribution in [2.75, 3.05) is 26.2 Å². The van der Waals surface area contributed by atoms with E-state index in [4.69, 9.17) is 4.74 Å². The van der Waals surface area contributed by atoms with Crippen LogP contribution in [-0.4, -0.2) is 43.1 Å². The number of urea groups is 1. The molecule has 3 amide bonds. The number of hydrogen-bond donors (Lipinski definition) is 2. The number of rotatable bonds is 10. The lowest BCUT2D eigenvalue weighted by Crippen LogP contribution is -2.36. The smallest absolute Gasteiger partial charge is 0.315 e. The average Bonchev–Trinajstić information content (AvgIpc) is 2.73. The van der Waals surface area contributed by atoms with Gasteiger partial charge in [-0.3, -0.25) is 4.79 Å². The third-order valence-electron chi connectivity index (χ3n) is 4.57. The van der Waals surface area contributed by atoms with E-state index in [-0.39, 0.29) is 11.9 Å². The van der Waals surface area contributed by atoms with Gasteiger partial charge in [0.05, 0.1) is 6.61 Å². The van der Waals surface area contributed by atoms with Crippen molar-refractivity contribution in [1.29, 1.82) is 0 Å². The van der Waals surface area contributed by atoms with Crippen LogP contribution in [-0.2, 0) is 6.54 Å². The second kappa shape index (κ2) is 11.7. The van der Waals surface area contributed by atoms with Crippen molar-refractivity contribution in [3.05, 3.63) is 65.2 Å². The molecule has 156 valence electrons. The van der Waals surface area contributed by atoms with E-state index >= 15 is 0 Å². The van der Waals surface area contributed by atoms with Crippen LogP contribution in [0.25, 0.3) is 0 Å². The van der Waals surface area contributed by atoms with E-state index < -0.39 is 0 Å². The number of carbonyl (C=O) groups excluding carboxylic acids is 2. The quantitative estimate of drug-likeness (QED) is 0.600. The van der Waals surface area contributed by atoms with Crippen molar-refractivity contribution >= 4 is 11.9 Å². The molecule has 0 fully saturated rings. The first-order valence-corrected chi connectivity index (χ1v) is 10.1. The predicted molar refractivity (Wildman–Crippen MR) is 115 cm³/mol. The lowest BCUT2D eigenvalue weighted by Gasteiger charge is -2.18. The minimum atomic E-state index is -0.219. The first-order chi connectivity index (χ1) is 14.0. The number of benzene rings is 2. The molecule has 6 heteroatoms. The summed E-state index contributed by atoms with van der Waals surface area (Å²) in [7, 11) is 0. The number of ether oxygens (including phenoxy) is 1. The van der Waals surface area contributed by atoms with Gasteiger partial charge < -0.3 is 20.3 Å². The van der Waals surface area contributed by atoms with Crippen LogP contribution in [0.3, 0.4) is 0 Å². The molecular weight excluding hydrogens is 366 g/mol. The second-order valence-corrected chi connectivity index (χ2v) is 6.80. The summed E-state index contributed by atoms with van der Waals surface area (Å²) in [4.78, 5) is 26.0. The lowest BCUT2D eigenvalue weighted by molar-refractivity contribution is 0.0773.